The summed E-state index contributed by atoms with van der Waals surface area (Å²) in [6.07, 6.45) is -0.403. The van der Waals surface area contributed by atoms with E-state index in [9.17, 15) is 0 Å². The Kier molecular flexibility index (Phi) is 7.17. The van der Waals surface area contributed by atoms with E-state index in [1.807, 2.05) is 36.4 Å². The van der Waals surface area contributed by atoms with Crippen molar-refractivity contribution >= 4 is 54.9 Å². The SMILES string of the molecule is c1ccc(C2=NC(c3cc(-c4cc5ccccc5c5ccccc45)cc(-c4nc5ccccc5c5ccccc45)c3)NC(c3ccccc3)=N2)cc1. The van der Waals surface area contributed by atoms with Crippen LogP contribution in [0.4, 0.5) is 0 Å². The molecule has 0 spiro atoms. The number of hydrogen-bond donors (Lipinski definition) is 1. The van der Waals surface area contributed by atoms with Crippen molar-refractivity contribution in [3.63, 3.8) is 0 Å². The van der Waals surface area contributed by atoms with Crippen molar-refractivity contribution in [1.82, 2.24) is 10.3 Å². The number of hydrogen-bond acceptors (Lipinski definition) is 4. The highest BCUT2D eigenvalue weighted by molar-refractivity contribution is 6.15. The van der Waals surface area contributed by atoms with Gasteiger partial charge >= 0.3 is 0 Å². The molecular formula is C48H32N4. The van der Waals surface area contributed by atoms with E-state index in [1.165, 1.54) is 32.5 Å². The van der Waals surface area contributed by atoms with Crippen LogP contribution in [0.2, 0.25) is 0 Å². The average molecular weight is 665 g/mol. The number of aromatic nitrogens is 1. The van der Waals surface area contributed by atoms with Crippen LogP contribution in [0.1, 0.15) is 22.9 Å². The Morgan fingerprint density at radius 1 is 0.423 bits per heavy atom. The van der Waals surface area contributed by atoms with Gasteiger partial charge in [-0.2, -0.15) is 0 Å². The quantitative estimate of drug-likeness (QED) is 0.186. The molecule has 0 saturated carbocycles. The van der Waals surface area contributed by atoms with E-state index in [4.69, 9.17) is 15.0 Å². The van der Waals surface area contributed by atoms with E-state index in [2.05, 4.69) is 151 Å². The minimum Gasteiger partial charge on any atom is -0.344 e. The zero-order chi connectivity index (χ0) is 34.4. The zero-order valence-corrected chi connectivity index (χ0v) is 28.2. The molecule has 1 aliphatic heterocycles. The first-order valence-corrected chi connectivity index (χ1v) is 17.6. The molecule has 10 rings (SSSR count). The summed E-state index contributed by atoms with van der Waals surface area (Å²) in [4.78, 5) is 15.7. The normalized spacial score (nSPS) is 14.3. The number of rotatable bonds is 5. The van der Waals surface area contributed by atoms with Crippen molar-refractivity contribution in [1.29, 1.82) is 0 Å². The zero-order valence-electron chi connectivity index (χ0n) is 28.2. The van der Waals surface area contributed by atoms with Gasteiger partial charge in [0.25, 0.3) is 0 Å². The van der Waals surface area contributed by atoms with Crippen molar-refractivity contribution in [2.75, 3.05) is 0 Å². The van der Waals surface area contributed by atoms with Crippen molar-refractivity contribution in [3.8, 4) is 22.4 Å². The number of para-hydroxylation sites is 1. The molecule has 1 atom stereocenters. The number of pyridine rings is 1. The van der Waals surface area contributed by atoms with Gasteiger partial charge in [-0.15, -0.1) is 0 Å². The van der Waals surface area contributed by atoms with Gasteiger partial charge in [0.1, 0.15) is 12.0 Å². The maximum atomic E-state index is 5.35. The van der Waals surface area contributed by atoms with Gasteiger partial charge in [-0.05, 0) is 74.0 Å². The van der Waals surface area contributed by atoms with Crippen LogP contribution in [0, 0.1) is 0 Å². The largest absolute Gasteiger partial charge is 0.344 e. The molecule has 1 N–H and O–H groups in total. The predicted molar refractivity (Wildman–Crippen MR) is 217 cm³/mol. The first-order valence-electron chi connectivity index (χ1n) is 17.6. The van der Waals surface area contributed by atoms with Crippen LogP contribution in [0.15, 0.2) is 192 Å². The lowest BCUT2D eigenvalue weighted by atomic mass is 9.90. The highest BCUT2D eigenvalue weighted by Crippen LogP contribution is 2.40. The molecule has 0 radical (unpaired) electrons. The monoisotopic (exact) mass is 664 g/mol. The highest BCUT2D eigenvalue weighted by Gasteiger charge is 2.23. The van der Waals surface area contributed by atoms with E-state index in [1.54, 1.807) is 0 Å². The van der Waals surface area contributed by atoms with E-state index in [0.717, 1.165) is 55.6 Å². The van der Waals surface area contributed by atoms with Crippen molar-refractivity contribution in [3.05, 3.63) is 199 Å². The maximum Gasteiger partial charge on any atom is 0.159 e. The maximum absolute atomic E-state index is 5.35. The third kappa shape index (κ3) is 5.21. The van der Waals surface area contributed by atoms with Crippen LogP contribution < -0.4 is 5.32 Å². The van der Waals surface area contributed by atoms with Gasteiger partial charge in [0.15, 0.2) is 5.84 Å². The van der Waals surface area contributed by atoms with Gasteiger partial charge in [0, 0.05) is 27.5 Å². The first-order chi connectivity index (χ1) is 25.8. The van der Waals surface area contributed by atoms with Crippen LogP contribution in [0.25, 0.3) is 65.6 Å². The molecule has 0 bridgehead atoms. The summed E-state index contributed by atoms with van der Waals surface area (Å²) in [6, 6.07) is 64.1. The summed E-state index contributed by atoms with van der Waals surface area (Å²) in [5.41, 5.74) is 8.24. The van der Waals surface area contributed by atoms with Crippen molar-refractivity contribution in [2.45, 2.75) is 6.17 Å². The van der Waals surface area contributed by atoms with Crippen molar-refractivity contribution in [2.24, 2.45) is 9.98 Å². The molecule has 0 amide bonds. The Hall–Kier alpha value is -6.91. The van der Waals surface area contributed by atoms with Gasteiger partial charge in [-0.1, -0.05) is 152 Å². The van der Waals surface area contributed by atoms with Gasteiger partial charge in [0.2, 0.25) is 0 Å². The van der Waals surface area contributed by atoms with E-state index >= 15 is 0 Å². The average Bonchev–Trinajstić information content (AvgIpc) is 3.23. The van der Waals surface area contributed by atoms with E-state index in [-0.39, 0.29) is 0 Å². The van der Waals surface area contributed by atoms with Crippen LogP contribution in [0.3, 0.4) is 0 Å². The van der Waals surface area contributed by atoms with E-state index < -0.39 is 6.17 Å². The third-order valence-electron chi connectivity index (χ3n) is 10.1. The predicted octanol–water partition coefficient (Wildman–Crippen LogP) is 11.5. The minimum atomic E-state index is -0.403. The Labute approximate surface area is 301 Å². The topological polar surface area (TPSA) is 49.6 Å². The number of nitrogens with zero attached hydrogens (tertiary/aromatic N) is 3. The van der Waals surface area contributed by atoms with Crippen LogP contribution in [0.5, 0.6) is 0 Å². The molecule has 1 unspecified atom stereocenters. The number of aliphatic imine (C=N–C) groups is 2. The summed E-state index contributed by atoms with van der Waals surface area (Å²) in [5.74, 6) is 1.48. The second-order valence-corrected chi connectivity index (χ2v) is 13.2. The Morgan fingerprint density at radius 2 is 1.00 bits per heavy atom. The van der Waals surface area contributed by atoms with E-state index in [0.29, 0.717) is 5.84 Å². The molecule has 0 saturated heterocycles. The molecule has 244 valence electrons. The molecule has 0 aliphatic carbocycles. The fraction of sp³-hybridized carbons (Fsp3) is 0.0208. The molecular weight excluding hydrogens is 633 g/mol. The summed E-state index contributed by atoms with van der Waals surface area (Å²) >= 11 is 0. The Balaban J connectivity index is 1.25. The van der Waals surface area contributed by atoms with Gasteiger partial charge in [0.05, 0.1) is 11.2 Å². The molecule has 4 heteroatoms. The second kappa shape index (κ2) is 12.4. The number of nitrogens with one attached hydrogen (secondary N) is 1. The second-order valence-electron chi connectivity index (χ2n) is 13.2. The summed E-state index contributed by atoms with van der Waals surface area (Å²) in [6.45, 7) is 0. The Morgan fingerprint density at radius 3 is 1.77 bits per heavy atom. The fourth-order valence-corrected chi connectivity index (χ4v) is 7.60. The third-order valence-corrected chi connectivity index (χ3v) is 10.1. The smallest absolute Gasteiger partial charge is 0.159 e. The molecule has 1 aromatic heterocycles. The lowest BCUT2D eigenvalue weighted by molar-refractivity contribution is 0.674. The van der Waals surface area contributed by atoms with Gasteiger partial charge in [-0.25, -0.2) is 15.0 Å². The van der Waals surface area contributed by atoms with Crippen LogP contribution in [-0.4, -0.2) is 16.7 Å². The number of fused-ring (bicyclic) bond motifs is 6. The van der Waals surface area contributed by atoms with Gasteiger partial charge in [-0.3, -0.25) is 0 Å². The molecule has 4 nitrogen and oxygen atoms in total. The standard InChI is InChI=1S/C48H32N4/c1-3-15-31(16-4-1)46-50-47(32-17-5-2-6-18-32)52-48(51-46)36-28-34(43-30-33-19-7-8-20-37(33)38-21-9-10-22-39(38)43)27-35(29-36)45-42-25-12-11-23-40(42)41-24-13-14-26-44(41)49-45/h1-30,48H,(H,50,51,52). The lowest BCUT2D eigenvalue weighted by Gasteiger charge is -2.25. The fourth-order valence-electron chi connectivity index (χ4n) is 7.60. The van der Waals surface area contributed by atoms with Gasteiger partial charge < -0.3 is 5.32 Å². The lowest BCUT2D eigenvalue weighted by Crippen LogP contribution is -2.33. The summed E-state index contributed by atoms with van der Waals surface area (Å²) < 4.78 is 0. The Bertz CT molecular complexity index is 2740. The van der Waals surface area contributed by atoms with Crippen molar-refractivity contribution < 1.29 is 0 Å². The molecule has 8 aromatic carbocycles. The molecule has 52 heavy (non-hydrogen) atoms. The number of amidine groups is 2. The first kappa shape index (κ1) is 30.0. The minimum absolute atomic E-state index is 0.403. The number of benzene rings is 8. The molecule has 2 heterocycles. The highest BCUT2D eigenvalue weighted by atomic mass is 15.2. The summed E-state index contributed by atoms with van der Waals surface area (Å²) in [5, 5.41) is 12.1. The molecule has 1 aliphatic rings. The van der Waals surface area contributed by atoms with Crippen LogP contribution in [-0.2, 0) is 0 Å². The molecule has 0 fully saturated rings. The van der Waals surface area contributed by atoms with Crippen LogP contribution >= 0.6 is 0 Å². The summed E-state index contributed by atoms with van der Waals surface area (Å²) in [7, 11) is 0. The molecule has 9 aromatic rings.